The Labute approximate surface area is 130 Å². The van der Waals surface area contributed by atoms with Gasteiger partial charge in [0.1, 0.15) is 11.6 Å². The molecule has 0 unspecified atom stereocenters. The highest BCUT2D eigenvalue weighted by molar-refractivity contribution is 6.03. The van der Waals surface area contributed by atoms with Crippen LogP contribution in [-0.2, 0) is 16.0 Å². The molecule has 2 aromatic carbocycles. The van der Waals surface area contributed by atoms with Gasteiger partial charge in [-0.15, -0.1) is 0 Å². The molecule has 0 fully saturated rings. The zero-order valence-corrected chi connectivity index (χ0v) is 12.3. The zero-order valence-electron chi connectivity index (χ0n) is 12.3. The molecule has 0 heterocycles. The van der Waals surface area contributed by atoms with Crippen LogP contribution >= 0.6 is 0 Å². The van der Waals surface area contributed by atoms with E-state index in [9.17, 15) is 14.4 Å². The molecule has 0 aromatic heterocycles. The van der Waals surface area contributed by atoms with Crippen molar-refractivity contribution >= 4 is 17.3 Å². The molecule has 0 spiro atoms. The van der Waals surface area contributed by atoms with E-state index < -0.39 is 0 Å². The van der Waals surface area contributed by atoms with E-state index in [1.807, 2.05) is 36.4 Å². The summed E-state index contributed by atoms with van der Waals surface area (Å²) in [6.45, 7) is 0. The second-order valence-electron chi connectivity index (χ2n) is 5.21. The van der Waals surface area contributed by atoms with Crippen molar-refractivity contribution in [3.63, 3.8) is 0 Å². The van der Waals surface area contributed by atoms with Crippen molar-refractivity contribution in [3.05, 3.63) is 71.8 Å². The van der Waals surface area contributed by atoms with Crippen molar-refractivity contribution in [3.8, 4) is 0 Å². The molecule has 0 aliphatic rings. The lowest BCUT2D eigenvalue weighted by Crippen LogP contribution is -2.12. The highest BCUT2D eigenvalue weighted by Gasteiger charge is 2.13. The molecule has 0 saturated heterocycles. The molecule has 0 aliphatic carbocycles. The van der Waals surface area contributed by atoms with Gasteiger partial charge in [-0.05, 0) is 5.56 Å². The Morgan fingerprint density at radius 2 is 1.27 bits per heavy atom. The van der Waals surface area contributed by atoms with E-state index in [0.717, 1.165) is 5.56 Å². The SMILES string of the molecule is O=C(CCC(=O)c1ccccc1)CC(=O)Cc1ccccc1. The number of rotatable bonds is 8. The molecular formula is C19H18O3. The molecule has 3 heteroatoms. The summed E-state index contributed by atoms with van der Waals surface area (Å²) in [4.78, 5) is 35.5. The maximum Gasteiger partial charge on any atom is 0.163 e. The first-order chi connectivity index (χ1) is 10.6. The highest BCUT2D eigenvalue weighted by atomic mass is 16.1. The minimum absolute atomic E-state index is 0.0653. The van der Waals surface area contributed by atoms with Crippen LogP contribution in [-0.4, -0.2) is 17.3 Å². The van der Waals surface area contributed by atoms with Gasteiger partial charge in [-0.3, -0.25) is 14.4 Å². The predicted octanol–water partition coefficient (Wildman–Crippen LogP) is 3.42. The molecule has 0 atom stereocenters. The Morgan fingerprint density at radius 3 is 1.91 bits per heavy atom. The number of Topliss-reactive ketones (excluding diaryl/α,β-unsaturated/α-hetero) is 3. The maximum atomic E-state index is 11.9. The predicted molar refractivity (Wildman–Crippen MR) is 84.8 cm³/mol. The van der Waals surface area contributed by atoms with Crippen LogP contribution in [0.15, 0.2) is 60.7 Å². The van der Waals surface area contributed by atoms with Crippen LogP contribution in [0.25, 0.3) is 0 Å². The van der Waals surface area contributed by atoms with Crippen LogP contribution < -0.4 is 0 Å². The molecule has 22 heavy (non-hydrogen) atoms. The molecule has 2 rings (SSSR count). The van der Waals surface area contributed by atoms with Gasteiger partial charge in [-0.25, -0.2) is 0 Å². The highest BCUT2D eigenvalue weighted by Crippen LogP contribution is 2.08. The Hall–Kier alpha value is -2.55. The second kappa shape index (κ2) is 8.03. The smallest absolute Gasteiger partial charge is 0.163 e. The van der Waals surface area contributed by atoms with Crippen molar-refractivity contribution in [2.45, 2.75) is 25.7 Å². The standard InChI is InChI=1S/C19H18O3/c20-17(11-12-19(22)16-9-5-2-6-10-16)14-18(21)13-15-7-3-1-4-8-15/h1-10H,11-14H2. The van der Waals surface area contributed by atoms with Crippen molar-refractivity contribution < 1.29 is 14.4 Å². The van der Waals surface area contributed by atoms with E-state index in [4.69, 9.17) is 0 Å². The van der Waals surface area contributed by atoms with Gasteiger partial charge >= 0.3 is 0 Å². The average Bonchev–Trinajstić information content (AvgIpc) is 2.54. The molecule has 0 N–H and O–H groups in total. The fourth-order valence-electron chi connectivity index (χ4n) is 2.22. The van der Waals surface area contributed by atoms with Gasteiger partial charge in [0.25, 0.3) is 0 Å². The molecule has 2 aromatic rings. The number of benzene rings is 2. The molecule has 0 saturated carbocycles. The van der Waals surface area contributed by atoms with E-state index in [0.29, 0.717) is 5.56 Å². The van der Waals surface area contributed by atoms with Crippen LogP contribution in [0.4, 0.5) is 0 Å². The Kier molecular flexibility index (Phi) is 5.78. The van der Waals surface area contributed by atoms with Crippen molar-refractivity contribution in [1.82, 2.24) is 0 Å². The van der Waals surface area contributed by atoms with E-state index in [-0.39, 0.29) is 43.0 Å². The van der Waals surface area contributed by atoms with Crippen molar-refractivity contribution in [2.75, 3.05) is 0 Å². The number of hydrogen-bond acceptors (Lipinski definition) is 3. The van der Waals surface area contributed by atoms with E-state index in [1.54, 1.807) is 24.3 Å². The Morgan fingerprint density at radius 1 is 0.682 bits per heavy atom. The average molecular weight is 294 g/mol. The third kappa shape index (κ3) is 5.09. The van der Waals surface area contributed by atoms with Crippen molar-refractivity contribution in [2.24, 2.45) is 0 Å². The largest absolute Gasteiger partial charge is 0.299 e. The van der Waals surface area contributed by atoms with E-state index in [1.165, 1.54) is 0 Å². The van der Waals surface area contributed by atoms with Gasteiger partial charge < -0.3 is 0 Å². The first-order valence-electron chi connectivity index (χ1n) is 7.31. The van der Waals surface area contributed by atoms with Crippen LogP contribution in [0, 0.1) is 0 Å². The minimum Gasteiger partial charge on any atom is -0.299 e. The monoisotopic (exact) mass is 294 g/mol. The topological polar surface area (TPSA) is 51.2 Å². The van der Waals surface area contributed by atoms with Gasteiger partial charge in [0.2, 0.25) is 0 Å². The van der Waals surface area contributed by atoms with E-state index >= 15 is 0 Å². The lowest BCUT2D eigenvalue weighted by molar-refractivity contribution is -0.126. The summed E-state index contributed by atoms with van der Waals surface area (Å²) in [5.41, 5.74) is 1.51. The molecule has 3 nitrogen and oxygen atoms in total. The third-order valence-corrected chi connectivity index (χ3v) is 3.37. The van der Waals surface area contributed by atoms with Crippen molar-refractivity contribution in [1.29, 1.82) is 0 Å². The van der Waals surface area contributed by atoms with Gasteiger partial charge in [0.15, 0.2) is 5.78 Å². The van der Waals surface area contributed by atoms with Crippen LogP contribution in [0.1, 0.15) is 35.2 Å². The summed E-state index contributed by atoms with van der Waals surface area (Å²) in [5, 5.41) is 0. The van der Waals surface area contributed by atoms with Crippen LogP contribution in [0.3, 0.4) is 0 Å². The molecule has 0 aliphatic heterocycles. The second-order valence-corrected chi connectivity index (χ2v) is 5.21. The Bertz CT molecular complexity index is 645. The van der Waals surface area contributed by atoms with Gasteiger partial charge in [0, 0.05) is 24.8 Å². The van der Waals surface area contributed by atoms with Crippen LogP contribution in [0.5, 0.6) is 0 Å². The summed E-state index contributed by atoms with van der Waals surface area (Å²) >= 11 is 0. The fourth-order valence-corrected chi connectivity index (χ4v) is 2.22. The number of ketones is 3. The molecule has 0 bridgehead atoms. The number of carbonyl (C=O) groups is 3. The quantitative estimate of drug-likeness (QED) is 0.553. The molecule has 112 valence electrons. The van der Waals surface area contributed by atoms with Crippen LogP contribution in [0.2, 0.25) is 0 Å². The summed E-state index contributed by atoms with van der Waals surface area (Å²) < 4.78 is 0. The minimum atomic E-state index is -0.176. The number of carbonyl (C=O) groups excluding carboxylic acids is 3. The fraction of sp³-hybridized carbons (Fsp3) is 0.211. The lowest BCUT2D eigenvalue weighted by atomic mass is 10.0. The number of hydrogen-bond donors (Lipinski definition) is 0. The lowest BCUT2D eigenvalue weighted by Gasteiger charge is -2.02. The zero-order chi connectivity index (χ0) is 15.8. The van der Waals surface area contributed by atoms with E-state index in [2.05, 4.69) is 0 Å². The van der Waals surface area contributed by atoms with Gasteiger partial charge in [0.05, 0.1) is 6.42 Å². The Balaban J connectivity index is 1.76. The first-order valence-corrected chi connectivity index (χ1v) is 7.31. The molecule has 0 amide bonds. The summed E-state index contributed by atoms with van der Waals surface area (Å²) in [6.07, 6.45) is 0.436. The van der Waals surface area contributed by atoms with Gasteiger partial charge in [-0.2, -0.15) is 0 Å². The maximum absolute atomic E-state index is 11.9. The molecular weight excluding hydrogens is 276 g/mol. The first kappa shape index (κ1) is 15.8. The molecule has 0 radical (unpaired) electrons. The summed E-state index contributed by atoms with van der Waals surface area (Å²) in [5.74, 6) is -0.349. The summed E-state index contributed by atoms with van der Waals surface area (Å²) in [7, 11) is 0. The third-order valence-electron chi connectivity index (χ3n) is 3.37. The normalized spacial score (nSPS) is 10.2. The summed E-state index contributed by atoms with van der Waals surface area (Å²) in [6, 6.07) is 18.2. The van der Waals surface area contributed by atoms with Gasteiger partial charge in [-0.1, -0.05) is 60.7 Å².